The zero-order chi connectivity index (χ0) is 22.9. The van der Waals surface area contributed by atoms with E-state index in [1.165, 1.54) is 51.4 Å². The number of carbonyl (C=O) groups excluding carboxylic acids is 2. The third-order valence-electron chi connectivity index (χ3n) is 5.57. The molecule has 0 saturated carbocycles. The SMILES string of the molecule is CCCCCCCCCCCCOC(=O)C(CC(=O)Oc1ccccc1)c1ccccc1. The third kappa shape index (κ3) is 10.6. The van der Waals surface area contributed by atoms with E-state index in [0.29, 0.717) is 12.4 Å². The zero-order valence-electron chi connectivity index (χ0n) is 19.5. The number of para-hydroxylation sites is 1. The molecule has 4 nitrogen and oxygen atoms in total. The Labute approximate surface area is 193 Å². The van der Waals surface area contributed by atoms with E-state index in [2.05, 4.69) is 6.92 Å². The Balaban J connectivity index is 1.72. The third-order valence-corrected chi connectivity index (χ3v) is 5.57. The van der Waals surface area contributed by atoms with Gasteiger partial charge in [0.25, 0.3) is 0 Å². The Morgan fingerprint density at radius 3 is 1.84 bits per heavy atom. The predicted octanol–water partition coefficient (Wildman–Crippen LogP) is 7.23. The van der Waals surface area contributed by atoms with Crippen LogP contribution in [0.2, 0.25) is 0 Å². The van der Waals surface area contributed by atoms with Crippen molar-refractivity contribution in [3.05, 3.63) is 66.2 Å². The lowest BCUT2D eigenvalue weighted by atomic mass is 9.96. The van der Waals surface area contributed by atoms with E-state index in [-0.39, 0.29) is 12.4 Å². The highest BCUT2D eigenvalue weighted by Gasteiger charge is 2.26. The number of carbonyl (C=O) groups is 2. The summed E-state index contributed by atoms with van der Waals surface area (Å²) in [6, 6.07) is 18.2. The lowest BCUT2D eigenvalue weighted by molar-refractivity contribution is -0.149. The summed E-state index contributed by atoms with van der Waals surface area (Å²) in [5.74, 6) is -0.989. The molecule has 174 valence electrons. The summed E-state index contributed by atoms with van der Waals surface area (Å²) in [5.41, 5.74) is 0.769. The molecule has 2 aromatic carbocycles. The van der Waals surface area contributed by atoms with Crippen LogP contribution >= 0.6 is 0 Å². The van der Waals surface area contributed by atoms with E-state index in [1.54, 1.807) is 24.3 Å². The first kappa shape index (κ1) is 25.6. The summed E-state index contributed by atoms with van der Waals surface area (Å²) in [6.45, 7) is 2.64. The van der Waals surface area contributed by atoms with E-state index in [1.807, 2.05) is 36.4 Å². The highest BCUT2D eigenvalue weighted by molar-refractivity contribution is 5.85. The van der Waals surface area contributed by atoms with Crippen LogP contribution in [0.1, 0.15) is 89.0 Å². The maximum absolute atomic E-state index is 12.8. The zero-order valence-corrected chi connectivity index (χ0v) is 19.5. The van der Waals surface area contributed by atoms with Crippen LogP contribution in [0, 0.1) is 0 Å². The van der Waals surface area contributed by atoms with Gasteiger partial charge in [0, 0.05) is 0 Å². The van der Waals surface area contributed by atoms with Crippen molar-refractivity contribution in [2.45, 2.75) is 83.5 Å². The monoisotopic (exact) mass is 438 g/mol. The lowest BCUT2D eigenvalue weighted by Gasteiger charge is -2.16. The molecular formula is C28H38O4. The summed E-state index contributed by atoms with van der Waals surface area (Å²) in [6.07, 6.45) is 12.3. The number of hydrogen-bond donors (Lipinski definition) is 0. The van der Waals surface area contributed by atoms with Gasteiger partial charge in [-0.15, -0.1) is 0 Å². The Kier molecular flexibility index (Phi) is 12.9. The van der Waals surface area contributed by atoms with Gasteiger partial charge in [0.2, 0.25) is 0 Å². The Morgan fingerprint density at radius 1 is 0.719 bits per heavy atom. The van der Waals surface area contributed by atoms with E-state index in [9.17, 15) is 9.59 Å². The van der Waals surface area contributed by atoms with Crippen LogP contribution in [0.25, 0.3) is 0 Å². The fourth-order valence-electron chi connectivity index (χ4n) is 3.71. The van der Waals surface area contributed by atoms with Crippen LogP contribution in [-0.2, 0) is 14.3 Å². The smallest absolute Gasteiger partial charge is 0.314 e. The molecule has 0 aliphatic heterocycles. The second-order valence-corrected chi connectivity index (χ2v) is 8.30. The minimum Gasteiger partial charge on any atom is -0.465 e. The maximum Gasteiger partial charge on any atom is 0.314 e. The number of unbranched alkanes of at least 4 members (excludes halogenated alkanes) is 9. The molecule has 1 unspecified atom stereocenters. The van der Waals surface area contributed by atoms with Crippen LogP contribution in [0.4, 0.5) is 0 Å². The first-order valence-corrected chi connectivity index (χ1v) is 12.2. The van der Waals surface area contributed by atoms with Crippen molar-refractivity contribution >= 4 is 11.9 Å². The van der Waals surface area contributed by atoms with Crippen LogP contribution in [0.15, 0.2) is 60.7 Å². The fraction of sp³-hybridized carbons (Fsp3) is 0.500. The molecule has 32 heavy (non-hydrogen) atoms. The standard InChI is InChI=1S/C28H38O4/c1-2-3-4-5-6-7-8-9-10-17-22-31-28(30)26(24-18-13-11-14-19-24)23-27(29)32-25-20-15-12-16-21-25/h11-16,18-21,26H,2-10,17,22-23H2,1H3. The van der Waals surface area contributed by atoms with Gasteiger partial charge in [-0.1, -0.05) is 113 Å². The van der Waals surface area contributed by atoms with Gasteiger partial charge in [-0.05, 0) is 24.1 Å². The average Bonchev–Trinajstić information content (AvgIpc) is 2.82. The molecule has 0 radical (unpaired) electrons. The quantitative estimate of drug-likeness (QED) is 0.158. The Morgan fingerprint density at radius 2 is 1.25 bits per heavy atom. The fourth-order valence-corrected chi connectivity index (χ4v) is 3.71. The highest BCUT2D eigenvalue weighted by atomic mass is 16.5. The number of ether oxygens (including phenoxy) is 2. The summed E-state index contributed by atoms with van der Waals surface area (Å²) in [4.78, 5) is 25.2. The lowest BCUT2D eigenvalue weighted by Crippen LogP contribution is -2.22. The summed E-state index contributed by atoms with van der Waals surface area (Å²) in [5, 5.41) is 0. The minimum absolute atomic E-state index is 0.0459. The molecule has 0 fully saturated rings. The van der Waals surface area contributed by atoms with Gasteiger partial charge in [-0.25, -0.2) is 0 Å². The number of rotatable bonds is 16. The first-order chi connectivity index (χ1) is 15.7. The Bertz CT molecular complexity index is 758. The first-order valence-electron chi connectivity index (χ1n) is 12.2. The topological polar surface area (TPSA) is 52.6 Å². The predicted molar refractivity (Wildman–Crippen MR) is 129 cm³/mol. The van der Waals surface area contributed by atoms with Gasteiger partial charge >= 0.3 is 11.9 Å². The molecular weight excluding hydrogens is 400 g/mol. The second kappa shape index (κ2) is 16.1. The molecule has 1 atom stereocenters. The van der Waals surface area contributed by atoms with Crippen molar-refractivity contribution in [2.75, 3.05) is 6.61 Å². The molecule has 0 N–H and O–H groups in total. The molecule has 0 aliphatic rings. The molecule has 0 aromatic heterocycles. The second-order valence-electron chi connectivity index (χ2n) is 8.30. The van der Waals surface area contributed by atoms with Crippen molar-refractivity contribution in [3.63, 3.8) is 0 Å². The summed E-state index contributed by atoms with van der Waals surface area (Å²) < 4.78 is 10.9. The van der Waals surface area contributed by atoms with Gasteiger partial charge in [-0.3, -0.25) is 9.59 Å². The molecule has 0 amide bonds. The van der Waals surface area contributed by atoms with E-state index in [4.69, 9.17) is 9.47 Å². The van der Waals surface area contributed by atoms with E-state index >= 15 is 0 Å². The van der Waals surface area contributed by atoms with Gasteiger partial charge in [0.05, 0.1) is 18.9 Å². The van der Waals surface area contributed by atoms with Crippen molar-refractivity contribution in [1.82, 2.24) is 0 Å². The van der Waals surface area contributed by atoms with Crippen LogP contribution in [0.3, 0.4) is 0 Å². The minimum atomic E-state index is -0.657. The van der Waals surface area contributed by atoms with Gasteiger partial charge in [0.1, 0.15) is 5.75 Å². The number of benzene rings is 2. The van der Waals surface area contributed by atoms with Crippen molar-refractivity contribution in [2.24, 2.45) is 0 Å². The molecule has 2 aromatic rings. The van der Waals surface area contributed by atoms with Crippen molar-refractivity contribution < 1.29 is 19.1 Å². The Hall–Kier alpha value is -2.62. The summed E-state index contributed by atoms with van der Waals surface area (Å²) in [7, 11) is 0. The molecule has 0 saturated heterocycles. The highest BCUT2D eigenvalue weighted by Crippen LogP contribution is 2.23. The normalized spacial score (nSPS) is 11.7. The largest absolute Gasteiger partial charge is 0.465 e. The molecule has 2 rings (SSSR count). The van der Waals surface area contributed by atoms with E-state index in [0.717, 1.165) is 18.4 Å². The van der Waals surface area contributed by atoms with E-state index < -0.39 is 11.9 Å². The average molecular weight is 439 g/mol. The number of hydrogen-bond acceptors (Lipinski definition) is 4. The van der Waals surface area contributed by atoms with Crippen LogP contribution in [-0.4, -0.2) is 18.5 Å². The summed E-state index contributed by atoms with van der Waals surface area (Å²) >= 11 is 0. The van der Waals surface area contributed by atoms with Crippen LogP contribution < -0.4 is 4.74 Å². The molecule has 0 heterocycles. The molecule has 0 spiro atoms. The van der Waals surface area contributed by atoms with Crippen molar-refractivity contribution in [1.29, 1.82) is 0 Å². The number of esters is 2. The molecule has 0 bridgehead atoms. The van der Waals surface area contributed by atoms with Gasteiger partial charge in [0.15, 0.2) is 0 Å². The molecule has 0 aliphatic carbocycles. The van der Waals surface area contributed by atoms with Crippen molar-refractivity contribution in [3.8, 4) is 5.75 Å². The van der Waals surface area contributed by atoms with Gasteiger partial charge in [-0.2, -0.15) is 0 Å². The maximum atomic E-state index is 12.8. The van der Waals surface area contributed by atoms with Gasteiger partial charge < -0.3 is 9.47 Å². The van der Waals surface area contributed by atoms with Crippen LogP contribution in [0.5, 0.6) is 5.75 Å². The molecule has 4 heteroatoms.